The van der Waals surface area contributed by atoms with Crippen LogP contribution in [0.1, 0.15) is 63.9 Å². The fraction of sp³-hybridized carbons (Fsp3) is 0.455. The number of hydrogen-bond donors (Lipinski definition) is 2. The monoisotopic (exact) mass is 400 g/mol. The molecule has 1 aromatic carbocycles. The fourth-order valence-corrected chi connectivity index (χ4v) is 5.27. The maximum absolute atomic E-state index is 12.9. The maximum Gasteiger partial charge on any atom is 0.260 e. The number of methoxy groups -OCH3 is 1. The van der Waals surface area contributed by atoms with E-state index in [0.29, 0.717) is 27.8 Å². The Morgan fingerprint density at radius 2 is 2.00 bits per heavy atom. The summed E-state index contributed by atoms with van der Waals surface area (Å²) in [5.74, 6) is 0.293. The topological polar surface area (TPSA) is 81.4 Å². The standard InChI is InChI=1S/C22H28N2O3S/c1-12-7-6-8-15(18(12)27-5)20(26)24-21-17(19(23)25)14-10-9-13(22(2,3)4)11-16(14)28-21/h6-8,13H,9-11H2,1-5H3,(H2,23,25)(H,24,26)/t13-/m1/s1. The Morgan fingerprint density at radius 1 is 1.29 bits per heavy atom. The molecule has 0 bridgehead atoms. The Morgan fingerprint density at radius 3 is 2.61 bits per heavy atom. The van der Waals surface area contributed by atoms with Crippen molar-refractivity contribution in [3.05, 3.63) is 45.3 Å². The molecule has 1 aliphatic rings. The number of nitrogens with one attached hydrogen (secondary N) is 1. The van der Waals surface area contributed by atoms with Crippen LogP contribution in [0.2, 0.25) is 0 Å². The van der Waals surface area contributed by atoms with Crippen LogP contribution >= 0.6 is 11.3 Å². The number of para-hydroxylation sites is 1. The molecule has 3 N–H and O–H groups in total. The molecule has 1 atom stereocenters. The second kappa shape index (κ2) is 7.59. The third-order valence-electron chi connectivity index (χ3n) is 5.62. The number of fused-ring (bicyclic) bond motifs is 1. The Kier molecular flexibility index (Phi) is 5.53. The molecule has 6 heteroatoms. The van der Waals surface area contributed by atoms with Crippen LogP contribution < -0.4 is 15.8 Å². The van der Waals surface area contributed by atoms with E-state index in [1.807, 2.05) is 19.1 Å². The van der Waals surface area contributed by atoms with E-state index in [0.717, 1.165) is 35.3 Å². The molecule has 0 saturated carbocycles. The SMILES string of the molecule is COc1c(C)cccc1C(=O)Nc1sc2c(c1C(N)=O)CC[C@@H](C(C)(C)C)C2. The lowest BCUT2D eigenvalue weighted by Crippen LogP contribution is -2.27. The van der Waals surface area contributed by atoms with Crippen molar-refractivity contribution in [2.45, 2.75) is 47.0 Å². The van der Waals surface area contributed by atoms with Crippen molar-refractivity contribution in [2.24, 2.45) is 17.1 Å². The first-order valence-corrected chi connectivity index (χ1v) is 10.3. The number of thiophene rings is 1. The highest BCUT2D eigenvalue weighted by Gasteiger charge is 2.33. The van der Waals surface area contributed by atoms with Crippen LogP contribution in [0.3, 0.4) is 0 Å². The zero-order valence-electron chi connectivity index (χ0n) is 17.1. The van der Waals surface area contributed by atoms with E-state index in [2.05, 4.69) is 26.1 Å². The molecule has 28 heavy (non-hydrogen) atoms. The van der Waals surface area contributed by atoms with Gasteiger partial charge in [0.1, 0.15) is 10.8 Å². The molecule has 2 aromatic rings. The van der Waals surface area contributed by atoms with Crippen LogP contribution in [-0.2, 0) is 12.8 Å². The van der Waals surface area contributed by atoms with Gasteiger partial charge in [0.25, 0.3) is 11.8 Å². The van der Waals surface area contributed by atoms with Crippen molar-refractivity contribution < 1.29 is 14.3 Å². The van der Waals surface area contributed by atoms with E-state index in [4.69, 9.17) is 10.5 Å². The van der Waals surface area contributed by atoms with E-state index < -0.39 is 5.91 Å². The molecule has 0 fully saturated rings. The second-order valence-electron chi connectivity index (χ2n) is 8.49. The number of primary amides is 1. The average Bonchev–Trinajstić information content (AvgIpc) is 2.97. The summed E-state index contributed by atoms with van der Waals surface area (Å²) in [6.45, 7) is 8.63. The number of aryl methyl sites for hydroxylation is 1. The van der Waals surface area contributed by atoms with E-state index in [1.165, 1.54) is 11.3 Å². The zero-order chi connectivity index (χ0) is 20.6. The van der Waals surface area contributed by atoms with Gasteiger partial charge in [0.05, 0.1) is 18.2 Å². The Hall–Kier alpha value is -2.34. The minimum absolute atomic E-state index is 0.201. The molecule has 0 radical (unpaired) electrons. The van der Waals surface area contributed by atoms with Crippen LogP contribution in [0.4, 0.5) is 5.00 Å². The summed E-state index contributed by atoms with van der Waals surface area (Å²) in [7, 11) is 1.55. The molecule has 1 heterocycles. The van der Waals surface area contributed by atoms with Crippen molar-refractivity contribution in [1.29, 1.82) is 0 Å². The molecule has 5 nitrogen and oxygen atoms in total. The lowest BCUT2D eigenvalue weighted by Gasteiger charge is -2.33. The van der Waals surface area contributed by atoms with Gasteiger partial charge in [-0.15, -0.1) is 11.3 Å². The Balaban J connectivity index is 1.95. The zero-order valence-corrected chi connectivity index (χ0v) is 18.0. The highest BCUT2D eigenvalue weighted by atomic mass is 32.1. The normalized spacial score (nSPS) is 16.4. The summed E-state index contributed by atoms with van der Waals surface area (Å²) >= 11 is 1.48. The third-order valence-corrected chi connectivity index (χ3v) is 6.79. The number of nitrogens with two attached hydrogens (primary N) is 1. The number of hydrogen-bond acceptors (Lipinski definition) is 4. The predicted molar refractivity (Wildman–Crippen MR) is 113 cm³/mol. The van der Waals surface area contributed by atoms with Crippen molar-refractivity contribution in [3.8, 4) is 5.75 Å². The first kappa shape index (κ1) is 20.4. The first-order chi connectivity index (χ1) is 13.1. The lowest BCUT2D eigenvalue weighted by atomic mass is 9.72. The van der Waals surface area contributed by atoms with Crippen LogP contribution in [0.5, 0.6) is 5.75 Å². The Bertz CT molecular complexity index is 925. The first-order valence-electron chi connectivity index (χ1n) is 9.52. The highest BCUT2D eigenvalue weighted by Crippen LogP contribution is 2.44. The number of carbonyl (C=O) groups excluding carboxylic acids is 2. The largest absolute Gasteiger partial charge is 0.496 e. The molecule has 0 unspecified atom stereocenters. The molecule has 3 rings (SSSR count). The van der Waals surface area contributed by atoms with E-state index in [1.54, 1.807) is 13.2 Å². The van der Waals surface area contributed by atoms with Crippen molar-refractivity contribution in [2.75, 3.05) is 12.4 Å². The van der Waals surface area contributed by atoms with Crippen molar-refractivity contribution in [1.82, 2.24) is 0 Å². The third kappa shape index (κ3) is 3.78. The van der Waals surface area contributed by atoms with Crippen LogP contribution in [0.25, 0.3) is 0 Å². The number of rotatable bonds is 4. The molecular formula is C22H28N2O3S. The summed E-state index contributed by atoms with van der Waals surface area (Å²) in [4.78, 5) is 26.3. The number of benzene rings is 1. The van der Waals surface area contributed by atoms with Gasteiger partial charge in [0.2, 0.25) is 0 Å². The molecule has 0 saturated heterocycles. The van der Waals surface area contributed by atoms with E-state index >= 15 is 0 Å². The number of ether oxygens (including phenoxy) is 1. The van der Waals surface area contributed by atoms with E-state index in [9.17, 15) is 9.59 Å². The van der Waals surface area contributed by atoms with Gasteiger partial charge in [-0.25, -0.2) is 0 Å². The van der Waals surface area contributed by atoms with Gasteiger partial charge < -0.3 is 15.8 Å². The molecule has 150 valence electrons. The lowest BCUT2D eigenvalue weighted by molar-refractivity contribution is 0.1000. The smallest absolute Gasteiger partial charge is 0.260 e. The quantitative estimate of drug-likeness (QED) is 0.789. The average molecular weight is 401 g/mol. The molecule has 1 aliphatic carbocycles. The summed E-state index contributed by atoms with van der Waals surface area (Å²) in [5, 5.41) is 3.46. The number of carbonyl (C=O) groups is 2. The molecule has 0 aliphatic heterocycles. The molecule has 0 spiro atoms. The number of anilines is 1. The van der Waals surface area contributed by atoms with Crippen LogP contribution in [0.15, 0.2) is 18.2 Å². The summed E-state index contributed by atoms with van der Waals surface area (Å²) in [6, 6.07) is 5.42. The van der Waals surface area contributed by atoms with Gasteiger partial charge in [-0.2, -0.15) is 0 Å². The van der Waals surface area contributed by atoms with Gasteiger partial charge in [-0.05, 0) is 54.7 Å². The molecule has 1 aromatic heterocycles. The van der Waals surface area contributed by atoms with Gasteiger partial charge in [-0.3, -0.25) is 9.59 Å². The van der Waals surface area contributed by atoms with Gasteiger partial charge >= 0.3 is 0 Å². The van der Waals surface area contributed by atoms with E-state index in [-0.39, 0.29) is 11.3 Å². The molecule has 2 amide bonds. The highest BCUT2D eigenvalue weighted by molar-refractivity contribution is 7.17. The Labute approximate surface area is 170 Å². The molecular weight excluding hydrogens is 372 g/mol. The van der Waals surface area contributed by atoms with Crippen molar-refractivity contribution >= 4 is 28.2 Å². The van der Waals surface area contributed by atoms with Crippen LogP contribution in [-0.4, -0.2) is 18.9 Å². The minimum Gasteiger partial charge on any atom is -0.496 e. The summed E-state index contributed by atoms with van der Waals surface area (Å²) in [6.07, 6.45) is 2.75. The summed E-state index contributed by atoms with van der Waals surface area (Å²) in [5.41, 5.74) is 8.68. The number of amides is 2. The van der Waals surface area contributed by atoms with Gasteiger partial charge in [-0.1, -0.05) is 32.9 Å². The second-order valence-corrected chi connectivity index (χ2v) is 9.59. The predicted octanol–water partition coefficient (Wildman–Crippen LogP) is 4.57. The maximum atomic E-state index is 12.9. The van der Waals surface area contributed by atoms with Gasteiger partial charge in [0.15, 0.2) is 0 Å². The summed E-state index contributed by atoms with van der Waals surface area (Å²) < 4.78 is 5.40. The van der Waals surface area contributed by atoms with Crippen LogP contribution in [0, 0.1) is 18.3 Å². The minimum atomic E-state index is -0.488. The fourth-order valence-electron chi connectivity index (χ4n) is 3.95. The van der Waals surface area contributed by atoms with Crippen molar-refractivity contribution in [3.63, 3.8) is 0 Å². The van der Waals surface area contributed by atoms with Gasteiger partial charge in [0, 0.05) is 4.88 Å².